The number of aliphatic hydroxyl groups excluding tert-OH is 1. The lowest BCUT2D eigenvalue weighted by atomic mass is 10.2. The number of rotatable bonds is 1. The molecule has 1 N–H and O–H groups in total. The van der Waals surface area contributed by atoms with Gasteiger partial charge in [0.25, 0.3) is 0 Å². The fourth-order valence-corrected chi connectivity index (χ4v) is 1.70. The van der Waals surface area contributed by atoms with Gasteiger partial charge < -0.3 is 19.5 Å². The molecule has 1 aliphatic rings. The zero-order valence-corrected chi connectivity index (χ0v) is 16.5. The molecule has 1 amide bonds. The topological polar surface area (TPSA) is 76.1 Å². The van der Waals surface area contributed by atoms with Crippen LogP contribution in [-0.2, 0) is 14.3 Å². The second-order valence-electron chi connectivity index (χ2n) is 7.21. The Morgan fingerprint density at radius 2 is 1.33 bits per heavy atom. The lowest BCUT2D eigenvalue weighted by Crippen LogP contribution is -2.34. The lowest BCUT2D eigenvalue weighted by molar-refractivity contribution is -0.148. The van der Waals surface area contributed by atoms with Gasteiger partial charge >= 0.3 is 12.1 Å². The molecule has 0 aromatic heterocycles. The van der Waals surface area contributed by atoms with E-state index in [1.165, 1.54) is 6.08 Å². The lowest BCUT2D eigenvalue weighted by Gasteiger charge is -2.23. The van der Waals surface area contributed by atoms with Crippen LogP contribution in [0.4, 0.5) is 4.79 Å². The molecule has 0 spiro atoms. The molecule has 0 unspecified atom stereocenters. The predicted molar refractivity (Wildman–Crippen MR) is 95.8 cm³/mol. The quantitative estimate of drug-likeness (QED) is 0.581. The van der Waals surface area contributed by atoms with Crippen molar-refractivity contribution in [2.45, 2.75) is 72.5 Å². The van der Waals surface area contributed by atoms with Crippen LogP contribution in [0, 0.1) is 0 Å². The van der Waals surface area contributed by atoms with E-state index in [1.54, 1.807) is 17.9 Å². The fraction of sp³-hybridized carbons (Fsp3) is 0.778. The highest BCUT2D eigenvalue weighted by molar-refractivity contribution is 5.82. The van der Waals surface area contributed by atoms with Crippen LogP contribution in [-0.4, -0.2) is 53.5 Å². The standard InChI is InChI=1S/C9H17NO2.C8H14O2.CH4O/c1-9(2,3)12-8(11)10-6-4-5-7-10;1-5-6-7(9)10-8(2,3)4;1-2/h4-7H2,1-3H3;5-6H,1-4H3;2H,1H3/b;6-5+;. The van der Waals surface area contributed by atoms with Gasteiger partial charge in [0.1, 0.15) is 11.2 Å². The highest BCUT2D eigenvalue weighted by Gasteiger charge is 2.23. The summed E-state index contributed by atoms with van der Waals surface area (Å²) in [7, 11) is 1.00. The van der Waals surface area contributed by atoms with Crippen molar-refractivity contribution in [1.29, 1.82) is 0 Å². The van der Waals surface area contributed by atoms with Crippen LogP contribution in [0.25, 0.3) is 0 Å². The first-order valence-electron chi connectivity index (χ1n) is 8.23. The van der Waals surface area contributed by atoms with E-state index >= 15 is 0 Å². The van der Waals surface area contributed by atoms with E-state index in [2.05, 4.69) is 0 Å². The number of allylic oxidation sites excluding steroid dienone is 1. The molecule has 1 aliphatic heterocycles. The molecule has 0 aliphatic carbocycles. The van der Waals surface area contributed by atoms with Crippen molar-refractivity contribution >= 4 is 12.1 Å². The molecular formula is C18H35NO5. The third kappa shape index (κ3) is 15.3. The maximum absolute atomic E-state index is 11.4. The maximum atomic E-state index is 11.4. The first kappa shape index (κ1) is 24.7. The van der Waals surface area contributed by atoms with Gasteiger partial charge in [-0.15, -0.1) is 0 Å². The first-order valence-corrected chi connectivity index (χ1v) is 8.23. The molecular weight excluding hydrogens is 310 g/mol. The minimum Gasteiger partial charge on any atom is -0.457 e. The van der Waals surface area contributed by atoms with Crippen molar-refractivity contribution < 1.29 is 24.2 Å². The summed E-state index contributed by atoms with van der Waals surface area (Å²) in [6.07, 6.45) is 5.12. The van der Waals surface area contributed by atoms with Crippen LogP contribution >= 0.6 is 0 Å². The van der Waals surface area contributed by atoms with Gasteiger partial charge in [-0.05, 0) is 61.3 Å². The van der Waals surface area contributed by atoms with Gasteiger partial charge in [0.2, 0.25) is 0 Å². The minimum absolute atomic E-state index is 0.167. The van der Waals surface area contributed by atoms with E-state index in [1.807, 2.05) is 41.5 Å². The van der Waals surface area contributed by atoms with Crippen molar-refractivity contribution in [2.24, 2.45) is 0 Å². The average Bonchev–Trinajstić information content (AvgIpc) is 2.92. The third-order valence-electron chi connectivity index (χ3n) is 2.47. The Morgan fingerprint density at radius 3 is 1.67 bits per heavy atom. The summed E-state index contributed by atoms with van der Waals surface area (Å²) >= 11 is 0. The van der Waals surface area contributed by atoms with E-state index in [4.69, 9.17) is 14.6 Å². The Labute approximate surface area is 146 Å². The van der Waals surface area contributed by atoms with Gasteiger partial charge in [-0.25, -0.2) is 9.59 Å². The summed E-state index contributed by atoms with van der Waals surface area (Å²) in [6, 6.07) is 0. The van der Waals surface area contributed by atoms with Crippen LogP contribution < -0.4 is 0 Å². The van der Waals surface area contributed by atoms with Crippen molar-refractivity contribution in [3.8, 4) is 0 Å². The highest BCUT2D eigenvalue weighted by atomic mass is 16.6. The molecule has 1 saturated heterocycles. The van der Waals surface area contributed by atoms with Gasteiger partial charge in [0.05, 0.1) is 0 Å². The van der Waals surface area contributed by atoms with Crippen molar-refractivity contribution in [3.05, 3.63) is 12.2 Å². The molecule has 1 heterocycles. The molecule has 6 nitrogen and oxygen atoms in total. The van der Waals surface area contributed by atoms with E-state index in [9.17, 15) is 9.59 Å². The summed E-state index contributed by atoms with van der Waals surface area (Å²) in [6.45, 7) is 14.7. The number of carbonyl (C=O) groups is 2. The van der Waals surface area contributed by atoms with Gasteiger partial charge in [-0.1, -0.05) is 6.08 Å². The Hall–Kier alpha value is -1.56. The second-order valence-corrected chi connectivity index (χ2v) is 7.21. The highest BCUT2D eigenvalue weighted by Crippen LogP contribution is 2.14. The van der Waals surface area contributed by atoms with E-state index in [0.717, 1.165) is 33.0 Å². The van der Waals surface area contributed by atoms with Gasteiger partial charge in [-0.2, -0.15) is 0 Å². The van der Waals surface area contributed by atoms with Crippen molar-refractivity contribution in [1.82, 2.24) is 4.90 Å². The predicted octanol–water partition coefficient (Wildman–Crippen LogP) is 3.53. The Morgan fingerprint density at radius 1 is 0.917 bits per heavy atom. The largest absolute Gasteiger partial charge is 0.457 e. The normalized spacial score (nSPS) is 14.3. The Kier molecular flexibility index (Phi) is 12.2. The molecule has 0 radical (unpaired) electrons. The number of esters is 1. The molecule has 0 aromatic rings. The van der Waals surface area contributed by atoms with Gasteiger partial charge in [-0.3, -0.25) is 0 Å². The zero-order chi connectivity index (χ0) is 19.4. The van der Waals surface area contributed by atoms with Crippen LogP contribution in [0.1, 0.15) is 61.3 Å². The third-order valence-corrected chi connectivity index (χ3v) is 2.47. The summed E-state index contributed by atoms with van der Waals surface area (Å²) in [4.78, 5) is 23.9. The molecule has 0 bridgehead atoms. The molecule has 0 atom stereocenters. The SMILES string of the molecule is C/C=C/C(=O)OC(C)(C)C.CC(C)(C)OC(=O)N1CCCC1.CO. The fourth-order valence-electron chi connectivity index (χ4n) is 1.70. The summed E-state index contributed by atoms with van der Waals surface area (Å²) in [5.74, 6) is -0.282. The van der Waals surface area contributed by atoms with Crippen LogP contribution in [0.5, 0.6) is 0 Å². The van der Waals surface area contributed by atoms with E-state index in [0.29, 0.717) is 0 Å². The average molecular weight is 345 g/mol. The van der Waals surface area contributed by atoms with E-state index < -0.39 is 0 Å². The number of hydrogen-bond donors (Lipinski definition) is 1. The Balaban J connectivity index is 0. The second kappa shape index (κ2) is 11.9. The monoisotopic (exact) mass is 345 g/mol. The number of aliphatic hydroxyl groups is 1. The first-order chi connectivity index (χ1) is 10.9. The van der Waals surface area contributed by atoms with E-state index in [-0.39, 0.29) is 23.3 Å². The summed E-state index contributed by atoms with van der Waals surface area (Å²) in [5.41, 5.74) is -0.740. The molecule has 0 saturated carbocycles. The van der Waals surface area contributed by atoms with Crippen LogP contribution in [0.15, 0.2) is 12.2 Å². The van der Waals surface area contributed by atoms with Crippen molar-refractivity contribution in [3.63, 3.8) is 0 Å². The number of amides is 1. The molecule has 0 aromatic carbocycles. The number of hydrogen-bond acceptors (Lipinski definition) is 5. The number of likely N-dealkylation sites (tertiary alicyclic amines) is 1. The smallest absolute Gasteiger partial charge is 0.410 e. The van der Waals surface area contributed by atoms with Gasteiger partial charge in [0, 0.05) is 26.3 Å². The Bertz CT molecular complexity index is 385. The van der Waals surface area contributed by atoms with Crippen molar-refractivity contribution in [2.75, 3.05) is 20.2 Å². The minimum atomic E-state index is -0.378. The maximum Gasteiger partial charge on any atom is 0.410 e. The zero-order valence-electron chi connectivity index (χ0n) is 16.5. The van der Waals surface area contributed by atoms with Crippen LogP contribution in [0.3, 0.4) is 0 Å². The molecule has 1 rings (SSSR count). The summed E-state index contributed by atoms with van der Waals surface area (Å²) < 4.78 is 10.2. The molecule has 6 heteroatoms. The number of ether oxygens (including phenoxy) is 2. The number of carbonyl (C=O) groups excluding carboxylic acids is 2. The summed E-state index contributed by atoms with van der Waals surface area (Å²) in [5, 5.41) is 7.00. The molecule has 24 heavy (non-hydrogen) atoms. The molecule has 142 valence electrons. The van der Waals surface area contributed by atoms with Crippen LogP contribution in [0.2, 0.25) is 0 Å². The van der Waals surface area contributed by atoms with Gasteiger partial charge in [0.15, 0.2) is 0 Å². The molecule has 1 fully saturated rings. The number of nitrogens with zero attached hydrogens (tertiary/aromatic N) is 1.